The fraction of sp³-hybridized carbons (Fsp3) is 0.222. The first-order valence-electron chi connectivity index (χ1n) is 7.43. The zero-order valence-corrected chi connectivity index (χ0v) is 18.4. The molecule has 2 N–H and O–H groups in total. The quantitative estimate of drug-likeness (QED) is 0.264. The van der Waals surface area contributed by atoms with Gasteiger partial charge in [-0.2, -0.15) is 0 Å². The third kappa shape index (κ3) is 8.29. The van der Waals surface area contributed by atoms with E-state index in [9.17, 15) is 18.4 Å². The van der Waals surface area contributed by atoms with Gasteiger partial charge in [0.05, 0.1) is 16.1 Å². The van der Waals surface area contributed by atoms with Gasteiger partial charge in [-0.15, -0.1) is 24.8 Å². The summed E-state index contributed by atoms with van der Waals surface area (Å²) in [4.78, 5) is 22.3. The van der Waals surface area contributed by atoms with E-state index in [1.165, 1.54) is 0 Å². The number of amides is 1. The summed E-state index contributed by atoms with van der Waals surface area (Å²) in [6.07, 6.45) is 0. The number of benzene rings is 2. The summed E-state index contributed by atoms with van der Waals surface area (Å²) in [5.74, 6) is 2.90. The van der Waals surface area contributed by atoms with Crippen LogP contribution < -0.4 is 5.84 Å². The minimum atomic E-state index is -1.03. The van der Waals surface area contributed by atoms with Crippen LogP contribution in [0, 0.1) is 11.6 Å². The molecule has 4 nitrogen and oxygen atoms in total. The average Bonchev–Trinajstić information content (AvgIpc) is 2.53. The van der Waals surface area contributed by atoms with E-state index in [-0.39, 0.29) is 29.8 Å². The van der Waals surface area contributed by atoms with Gasteiger partial charge in [0.2, 0.25) is 0 Å². The summed E-state index contributed by atoms with van der Waals surface area (Å²) < 4.78 is 26.3. The van der Waals surface area contributed by atoms with E-state index in [4.69, 9.17) is 29.0 Å². The van der Waals surface area contributed by atoms with Gasteiger partial charge in [0.25, 0.3) is 11.1 Å². The maximum atomic E-state index is 13.5. The summed E-state index contributed by atoms with van der Waals surface area (Å²) in [5, 5.41) is 0.151. The molecule has 0 saturated heterocycles. The summed E-state index contributed by atoms with van der Waals surface area (Å²) in [5.41, 5.74) is -0.578. The zero-order valence-electron chi connectivity index (χ0n) is 15.2. The van der Waals surface area contributed by atoms with Crippen molar-refractivity contribution in [2.24, 2.45) is 5.84 Å². The van der Waals surface area contributed by atoms with Crippen LogP contribution in [-0.2, 0) is 0 Å². The average molecular weight is 476 g/mol. The predicted octanol–water partition coefficient (Wildman–Crippen LogP) is 5.64. The SMILES string of the molecule is CC(C)(C)N(N)C(=O)c1c(F)cc(F)cc1Cl.Cl.Cl.O=C(Cl)c1ccccc1. The fourth-order valence-corrected chi connectivity index (χ4v) is 2.14. The van der Waals surface area contributed by atoms with Crippen molar-refractivity contribution in [2.45, 2.75) is 26.3 Å². The van der Waals surface area contributed by atoms with Crippen molar-refractivity contribution in [3.63, 3.8) is 0 Å². The van der Waals surface area contributed by atoms with Gasteiger partial charge >= 0.3 is 0 Å². The molecule has 0 radical (unpaired) electrons. The third-order valence-electron chi connectivity index (χ3n) is 3.16. The molecule has 2 aromatic rings. The third-order valence-corrected chi connectivity index (χ3v) is 3.68. The topological polar surface area (TPSA) is 63.4 Å². The normalized spacial score (nSPS) is 9.86. The first kappa shape index (κ1) is 28.8. The lowest BCUT2D eigenvalue weighted by Gasteiger charge is -2.31. The van der Waals surface area contributed by atoms with Crippen molar-refractivity contribution in [3.05, 3.63) is 70.2 Å². The molecule has 0 unspecified atom stereocenters. The van der Waals surface area contributed by atoms with Crippen molar-refractivity contribution in [2.75, 3.05) is 0 Å². The van der Waals surface area contributed by atoms with Crippen molar-refractivity contribution >= 4 is 59.2 Å². The van der Waals surface area contributed by atoms with Crippen molar-refractivity contribution in [1.29, 1.82) is 0 Å². The Labute approximate surface area is 184 Å². The van der Waals surface area contributed by atoms with Crippen LogP contribution in [0.15, 0.2) is 42.5 Å². The molecule has 156 valence electrons. The molecule has 0 aliphatic heterocycles. The Kier molecular flexibility index (Phi) is 12.5. The van der Waals surface area contributed by atoms with Gasteiger partial charge in [-0.3, -0.25) is 14.6 Å². The van der Waals surface area contributed by atoms with Crippen molar-refractivity contribution < 1.29 is 18.4 Å². The van der Waals surface area contributed by atoms with E-state index in [1.54, 1.807) is 45.0 Å². The highest BCUT2D eigenvalue weighted by Gasteiger charge is 2.28. The number of halogens is 6. The molecule has 0 saturated carbocycles. The number of hydrogen-bond donors (Lipinski definition) is 1. The van der Waals surface area contributed by atoms with E-state index in [0.717, 1.165) is 11.1 Å². The molecule has 0 fully saturated rings. The smallest absolute Gasteiger partial charge is 0.272 e. The Hall–Kier alpha value is -1.44. The molecule has 1 amide bonds. The van der Waals surface area contributed by atoms with Gasteiger partial charge in [0.1, 0.15) is 11.6 Å². The van der Waals surface area contributed by atoms with Crippen LogP contribution in [-0.4, -0.2) is 21.7 Å². The second kappa shape index (κ2) is 12.2. The van der Waals surface area contributed by atoms with Crippen molar-refractivity contribution in [1.82, 2.24) is 5.01 Å². The molecule has 0 aliphatic carbocycles. The Morgan fingerprint density at radius 2 is 1.54 bits per heavy atom. The van der Waals surface area contributed by atoms with Gasteiger partial charge < -0.3 is 0 Å². The summed E-state index contributed by atoms with van der Waals surface area (Å²) in [7, 11) is 0. The van der Waals surface area contributed by atoms with Crippen LogP contribution in [0.2, 0.25) is 5.02 Å². The molecular formula is C18H20Cl4F2N2O2. The first-order chi connectivity index (χ1) is 11.9. The number of hydrogen-bond acceptors (Lipinski definition) is 3. The van der Waals surface area contributed by atoms with E-state index in [2.05, 4.69) is 0 Å². The largest absolute Gasteiger partial charge is 0.276 e. The standard InChI is InChI=1S/C11H13ClF2N2O.C7H5ClO.2ClH/c1-11(2,3)16(15)10(17)9-7(12)4-6(13)5-8(9)14;8-7(9)6-4-2-1-3-5-6;;/h4-5H,15H2,1-3H3;1-5H;2*1H. The van der Waals surface area contributed by atoms with Gasteiger partial charge in [0.15, 0.2) is 0 Å². The zero-order chi connectivity index (χ0) is 20.1. The molecule has 2 aromatic carbocycles. The molecule has 0 aromatic heterocycles. The highest BCUT2D eigenvalue weighted by molar-refractivity contribution is 6.67. The van der Waals surface area contributed by atoms with Crippen molar-refractivity contribution in [3.8, 4) is 0 Å². The number of rotatable bonds is 2. The Balaban J connectivity index is 0. The summed E-state index contributed by atoms with van der Waals surface area (Å²) in [6, 6.07) is 10.2. The lowest BCUT2D eigenvalue weighted by Crippen LogP contribution is -2.50. The molecule has 0 heterocycles. The molecule has 28 heavy (non-hydrogen) atoms. The highest BCUT2D eigenvalue weighted by Crippen LogP contribution is 2.24. The molecular weight excluding hydrogens is 456 g/mol. The van der Waals surface area contributed by atoms with Gasteiger partial charge in [-0.25, -0.2) is 14.6 Å². The fourth-order valence-electron chi connectivity index (χ4n) is 1.74. The number of carbonyl (C=O) groups excluding carboxylic acids is 2. The Morgan fingerprint density at radius 3 is 1.89 bits per heavy atom. The Morgan fingerprint density at radius 1 is 1.04 bits per heavy atom. The van der Waals surface area contributed by atoms with Crippen LogP contribution in [0.5, 0.6) is 0 Å². The van der Waals surface area contributed by atoms with Gasteiger partial charge in [-0.05, 0) is 38.4 Å². The minimum Gasteiger partial charge on any atom is -0.276 e. The summed E-state index contributed by atoms with van der Waals surface area (Å²) in [6.45, 7) is 5.04. The number of carbonyl (C=O) groups is 2. The van der Waals surface area contributed by atoms with Crippen LogP contribution in [0.1, 0.15) is 41.5 Å². The Bertz CT molecular complexity index is 777. The number of hydrazine groups is 1. The summed E-state index contributed by atoms with van der Waals surface area (Å²) >= 11 is 10.8. The molecule has 0 spiro atoms. The molecule has 0 atom stereocenters. The van der Waals surface area contributed by atoms with Gasteiger partial charge in [-0.1, -0.05) is 41.9 Å². The first-order valence-corrected chi connectivity index (χ1v) is 8.19. The molecule has 2 rings (SSSR count). The highest BCUT2D eigenvalue weighted by atomic mass is 35.5. The van der Waals surface area contributed by atoms with Crippen LogP contribution in [0.4, 0.5) is 8.78 Å². The predicted molar refractivity (Wildman–Crippen MR) is 113 cm³/mol. The van der Waals surface area contributed by atoms with Crippen LogP contribution in [0.25, 0.3) is 0 Å². The van der Waals surface area contributed by atoms with E-state index >= 15 is 0 Å². The second-order valence-electron chi connectivity index (χ2n) is 6.23. The maximum absolute atomic E-state index is 13.5. The van der Waals surface area contributed by atoms with E-state index in [0.29, 0.717) is 11.6 Å². The van der Waals surface area contributed by atoms with E-state index in [1.807, 2.05) is 6.07 Å². The maximum Gasteiger partial charge on any atom is 0.272 e. The monoisotopic (exact) mass is 474 g/mol. The molecule has 0 aliphatic rings. The van der Waals surface area contributed by atoms with Gasteiger partial charge in [0, 0.05) is 11.6 Å². The van der Waals surface area contributed by atoms with Crippen LogP contribution in [0.3, 0.4) is 0 Å². The number of nitrogens with zero attached hydrogens (tertiary/aromatic N) is 1. The molecule has 0 bridgehead atoms. The van der Waals surface area contributed by atoms with E-state index < -0.39 is 33.9 Å². The minimum absolute atomic E-state index is 0. The lowest BCUT2D eigenvalue weighted by atomic mass is 10.1. The second-order valence-corrected chi connectivity index (χ2v) is 6.98. The number of nitrogens with two attached hydrogens (primary N) is 1. The lowest BCUT2D eigenvalue weighted by molar-refractivity contribution is 0.0577. The van der Waals surface area contributed by atoms with Crippen LogP contribution >= 0.6 is 48.0 Å². The molecule has 10 heteroatoms.